The van der Waals surface area contributed by atoms with Gasteiger partial charge in [-0.05, 0) is 18.2 Å². The van der Waals surface area contributed by atoms with Crippen molar-refractivity contribution in [3.63, 3.8) is 0 Å². The van der Waals surface area contributed by atoms with E-state index in [1.165, 1.54) is 18.2 Å². The Hall–Kier alpha value is -2.39. The molecule has 0 unspecified atom stereocenters. The topological polar surface area (TPSA) is 110 Å². The van der Waals surface area contributed by atoms with E-state index in [2.05, 4.69) is 5.32 Å². The Balaban J connectivity index is 2.80. The third-order valence-electron chi connectivity index (χ3n) is 2.28. The molecule has 94 valence electrons. The molecule has 1 amide bonds. The predicted octanol–water partition coefficient (Wildman–Crippen LogP) is 0.124. The molecular weight excluding hydrogens is 236 g/mol. The van der Waals surface area contributed by atoms with Gasteiger partial charge in [-0.2, -0.15) is 5.26 Å². The van der Waals surface area contributed by atoms with Gasteiger partial charge >= 0.3 is 5.97 Å². The monoisotopic (exact) mass is 248 g/mol. The van der Waals surface area contributed by atoms with Gasteiger partial charge in [-0.1, -0.05) is 6.07 Å². The molecule has 3 N–H and O–H groups in total. The van der Waals surface area contributed by atoms with Crippen molar-refractivity contribution in [2.45, 2.75) is 12.5 Å². The minimum Gasteiger partial charge on any atom is -0.480 e. The number of hydrogen-bond acceptors (Lipinski definition) is 4. The quantitative estimate of drug-likeness (QED) is 0.685. The summed E-state index contributed by atoms with van der Waals surface area (Å²) in [6.45, 7) is -0.338. The van der Waals surface area contributed by atoms with Gasteiger partial charge in [-0.25, -0.2) is 4.79 Å². The van der Waals surface area contributed by atoms with Crippen molar-refractivity contribution in [2.75, 3.05) is 6.61 Å². The van der Waals surface area contributed by atoms with Crippen LogP contribution in [0.5, 0.6) is 0 Å². The van der Waals surface area contributed by atoms with Crippen molar-refractivity contribution < 1.29 is 19.8 Å². The summed E-state index contributed by atoms with van der Waals surface area (Å²) in [6, 6.07) is 6.67. The first-order valence-electron chi connectivity index (χ1n) is 5.23. The molecule has 18 heavy (non-hydrogen) atoms. The zero-order valence-corrected chi connectivity index (χ0v) is 9.46. The summed E-state index contributed by atoms with van der Waals surface area (Å²) in [5, 5.41) is 28.5. The largest absolute Gasteiger partial charge is 0.480 e. The number of amides is 1. The molecular formula is C12H12N2O4. The number of benzene rings is 1. The number of aliphatic carboxylic acids is 1. The van der Waals surface area contributed by atoms with Crippen LogP contribution in [0.1, 0.15) is 22.3 Å². The lowest BCUT2D eigenvalue weighted by atomic mass is 10.1. The summed E-state index contributed by atoms with van der Waals surface area (Å²) in [4.78, 5) is 22.5. The Morgan fingerprint density at radius 2 is 2.17 bits per heavy atom. The molecule has 0 aliphatic rings. The second-order valence-electron chi connectivity index (χ2n) is 3.57. The van der Waals surface area contributed by atoms with Gasteiger partial charge in [0.2, 0.25) is 0 Å². The summed E-state index contributed by atoms with van der Waals surface area (Å²) >= 11 is 0. The van der Waals surface area contributed by atoms with E-state index in [0.29, 0.717) is 5.56 Å². The van der Waals surface area contributed by atoms with E-state index in [0.717, 1.165) is 0 Å². The molecule has 0 aliphatic heterocycles. The molecule has 0 aromatic heterocycles. The molecule has 0 heterocycles. The Kier molecular flexibility index (Phi) is 4.84. The van der Waals surface area contributed by atoms with Crippen LogP contribution in [0.3, 0.4) is 0 Å². The van der Waals surface area contributed by atoms with E-state index in [1.54, 1.807) is 6.07 Å². The lowest BCUT2D eigenvalue weighted by Gasteiger charge is -2.13. The van der Waals surface area contributed by atoms with E-state index in [-0.39, 0.29) is 18.6 Å². The highest BCUT2D eigenvalue weighted by atomic mass is 16.4. The molecule has 6 heteroatoms. The number of carbonyl (C=O) groups is 2. The van der Waals surface area contributed by atoms with E-state index in [9.17, 15) is 9.59 Å². The maximum atomic E-state index is 11.7. The lowest BCUT2D eigenvalue weighted by molar-refractivity contribution is -0.139. The maximum absolute atomic E-state index is 11.7. The lowest BCUT2D eigenvalue weighted by Crippen LogP contribution is -2.41. The molecule has 0 saturated carbocycles. The Morgan fingerprint density at radius 3 is 2.72 bits per heavy atom. The van der Waals surface area contributed by atoms with Crippen molar-refractivity contribution in [2.24, 2.45) is 0 Å². The summed E-state index contributed by atoms with van der Waals surface area (Å²) in [7, 11) is 0. The van der Waals surface area contributed by atoms with Gasteiger partial charge in [-0.3, -0.25) is 4.79 Å². The fourth-order valence-electron chi connectivity index (χ4n) is 1.36. The standard InChI is InChI=1S/C12H12N2O4/c13-7-8-2-1-3-9(6-8)11(16)14-10(4-5-15)12(17)18/h1-3,6,10,15H,4-5H2,(H,14,16)(H,17,18)/t10-/m1/s1. The smallest absolute Gasteiger partial charge is 0.326 e. The average molecular weight is 248 g/mol. The number of nitriles is 1. The highest BCUT2D eigenvalue weighted by Crippen LogP contribution is 2.05. The number of carboxylic acid groups (broad SMARTS) is 1. The normalized spacial score (nSPS) is 11.3. The molecule has 0 fully saturated rings. The van der Waals surface area contributed by atoms with Crippen LogP contribution in [0, 0.1) is 11.3 Å². The minimum absolute atomic E-state index is 0.0704. The number of aliphatic hydroxyl groups excluding tert-OH is 1. The number of aliphatic hydroxyl groups is 1. The van der Waals surface area contributed by atoms with Gasteiger partial charge in [0.15, 0.2) is 0 Å². The second-order valence-corrected chi connectivity index (χ2v) is 3.57. The number of carbonyl (C=O) groups excluding carboxylic acids is 1. The van der Waals surface area contributed by atoms with Crippen molar-refractivity contribution in [1.82, 2.24) is 5.32 Å². The molecule has 0 radical (unpaired) electrons. The summed E-state index contributed by atoms with van der Waals surface area (Å²) < 4.78 is 0. The number of rotatable bonds is 5. The van der Waals surface area contributed by atoms with Crippen molar-refractivity contribution >= 4 is 11.9 Å². The van der Waals surface area contributed by atoms with E-state index in [4.69, 9.17) is 15.5 Å². The van der Waals surface area contributed by atoms with Crippen LogP contribution in [-0.4, -0.2) is 34.7 Å². The first-order valence-corrected chi connectivity index (χ1v) is 5.23. The first-order chi connectivity index (χ1) is 8.58. The molecule has 1 atom stereocenters. The molecule has 0 aliphatic carbocycles. The summed E-state index contributed by atoms with van der Waals surface area (Å²) in [5.41, 5.74) is 0.523. The number of hydrogen-bond donors (Lipinski definition) is 3. The van der Waals surface area contributed by atoms with E-state index >= 15 is 0 Å². The molecule has 0 saturated heterocycles. The van der Waals surface area contributed by atoms with Crippen LogP contribution in [0.25, 0.3) is 0 Å². The molecule has 1 aromatic carbocycles. The SMILES string of the molecule is N#Cc1cccc(C(=O)N[C@H](CCO)C(=O)O)c1. The summed E-state index contributed by atoms with van der Waals surface area (Å²) in [6.07, 6.45) is -0.0704. The van der Waals surface area contributed by atoms with Gasteiger partial charge in [0.05, 0.1) is 11.6 Å². The van der Waals surface area contributed by atoms with Gasteiger partial charge in [0, 0.05) is 18.6 Å². The molecule has 0 bridgehead atoms. The van der Waals surface area contributed by atoms with E-state index < -0.39 is 17.9 Å². The third-order valence-corrected chi connectivity index (χ3v) is 2.28. The van der Waals surface area contributed by atoms with Gasteiger partial charge < -0.3 is 15.5 Å². The predicted molar refractivity (Wildman–Crippen MR) is 61.7 cm³/mol. The van der Waals surface area contributed by atoms with Gasteiger partial charge in [-0.15, -0.1) is 0 Å². The highest BCUT2D eigenvalue weighted by molar-refractivity contribution is 5.96. The maximum Gasteiger partial charge on any atom is 0.326 e. The van der Waals surface area contributed by atoms with Gasteiger partial charge in [0.1, 0.15) is 6.04 Å². The first kappa shape index (κ1) is 13.7. The van der Waals surface area contributed by atoms with E-state index in [1.807, 2.05) is 6.07 Å². The zero-order chi connectivity index (χ0) is 13.5. The zero-order valence-electron chi connectivity index (χ0n) is 9.46. The fourth-order valence-corrected chi connectivity index (χ4v) is 1.36. The summed E-state index contributed by atoms with van der Waals surface area (Å²) in [5.74, 6) is -1.80. The minimum atomic E-state index is -1.21. The van der Waals surface area contributed by atoms with Crippen LogP contribution in [0.2, 0.25) is 0 Å². The number of nitrogens with zero attached hydrogens (tertiary/aromatic N) is 1. The Labute approximate surface area is 103 Å². The Bertz CT molecular complexity index is 493. The van der Waals surface area contributed by atoms with Crippen molar-refractivity contribution in [3.8, 4) is 6.07 Å². The van der Waals surface area contributed by atoms with Crippen LogP contribution in [0.4, 0.5) is 0 Å². The number of carboxylic acids is 1. The van der Waals surface area contributed by atoms with Crippen molar-refractivity contribution in [1.29, 1.82) is 5.26 Å². The van der Waals surface area contributed by atoms with Crippen LogP contribution < -0.4 is 5.32 Å². The van der Waals surface area contributed by atoms with Gasteiger partial charge in [0.25, 0.3) is 5.91 Å². The van der Waals surface area contributed by atoms with Crippen LogP contribution >= 0.6 is 0 Å². The molecule has 1 rings (SSSR count). The Morgan fingerprint density at radius 1 is 1.44 bits per heavy atom. The molecule has 6 nitrogen and oxygen atoms in total. The average Bonchev–Trinajstić information content (AvgIpc) is 2.38. The third kappa shape index (κ3) is 3.57. The van der Waals surface area contributed by atoms with Crippen molar-refractivity contribution in [3.05, 3.63) is 35.4 Å². The second kappa shape index (κ2) is 6.37. The fraction of sp³-hybridized carbons (Fsp3) is 0.250. The van der Waals surface area contributed by atoms with Crippen LogP contribution in [-0.2, 0) is 4.79 Å². The highest BCUT2D eigenvalue weighted by Gasteiger charge is 2.19. The van der Waals surface area contributed by atoms with Crippen LogP contribution in [0.15, 0.2) is 24.3 Å². The number of nitrogens with one attached hydrogen (secondary N) is 1. The molecule has 1 aromatic rings. The molecule has 0 spiro atoms.